The highest BCUT2D eigenvalue weighted by Crippen LogP contribution is 2.29. The van der Waals surface area contributed by atoms with Crippen molar-refractivity contribution in [3.63, 3.8) is 0 Å². The zero-order chi connectivity index (χ0) is 44.8. The molecule has 4 unspecified atom stereocenters. The second kappa shape index (κ2) is 40.1. The van der Waals surface area contributed by atoms with Crippen molar-refractivity contribution < 1.29 is 34.1 Å². The lowest BCUT2D eigenvalue weighted by molar-refractivity contribution is -0.164. The number of rotatable bonds is 43. The Hall–Kier alpha value is -1.40. The molecule has 0 aromatic heterocycles. The topological polar surface area (TPSA) is 120 Å². The number of aliphatic hydroxyl groups is 1. The van der Waals surface area contributed by atoms with Crippen molar-refractivity contribution >= 4 is 29.7 Å². The minimum atomic E-state index is -1.33. The lowest BCUT2D eigenvalue weighted by Gasteiger charge is -2.33. The summed E-state index contributed by atoms with van der Waals surface area (Å²) in [7, 11) is 2.17. The number of aliphatic hydroxyl groups excluding tert-OH is 1. The van der Waals surface area contributed by atoms with Crippen molar-refractivity contribution in [2.75, 3.05) is 66.0 Å². The van der Waals surface area contributed by atoms with Gasteiger partial charge in [0, 0.05) is 39.1 Å². The average Bonchev–Trinajstić information content (AvgIpc) is 3.24. The fourth-order valence-electron chi connectivity index (χ4n) is 8.33. The van der Waals surface area contributed by atoms with Gasteiger partial charge in [0.1, 0.15) is 5.25 Å². The van der Waals surface area contributed by atoms with Gasteiger partial charge >= 0.3 is 17.9 Å². The van der Waals surface area contributed by atoms with E-state index in [1.807, 2.05) is 0 Å². The number of carboxylic acid groups (broad SMARTS) is 1. The third-order valence-electron chi connectivity index (χ3n) is 12.4. The summed E-state index contributed by atoms with van der Waals surface area (Å²) in [6.45, 7) is 16.2. The summed E-state index contributed by atoms with van der Waals surface area (Å²) >= 11 is 1.28. The second-order valence-corrected chi connectivity index (χ2v) is 19.9. The van der Waals surface area contributed by atoms with E-state index in [4.69, 9.17) is 9.47 Å². The molecule has 61 heavy (non-hydrogen) atoms. The van der Waals surface area contributed by atoms with Crippen molar-refractivity contribution in [2.24, 2.45) is 0 Å². The van der Waals surface area contributed by atoms with E-state index < -0.39 is 34.6 Å². The van der Waals surface area contributed by atoms with E-state index in [0.29, 0.717) is 32.5 Å². The molecule has 11 heteroatoms. The summed E-state index contributed by atoms with van der Waals surface area (Å²) in [6, 6.07) is 0. The van der Waals surface area contributed by atoms with E-state index in [9.17, 15) is 24.6 Å². The summed E-state index contributed by atoms with van der Waals surface area (Å²) in [5.74, 6) is -2.02. The highest BCUT2D eigenvalue weighted by Gasteiger charge is 2.35. The second-order valence-electron chi connectivity index (χ2n) is 18.3. The Labute approximate surface area is 379 Å². The minimum Gasteiger partial charge on any atom is -0.478 e. The van der Waals surface area contributed by atoms with Crippen LogP contribution >= 0.6 is 11.8 Å². The highest BCUT2D eigenvalue weighted by atomic mass is 32.2. The Morgan fingerprint density at radius 3 is 1.64 bits per heavy atom. The fourth-order valence-corrected chi connectivity index (χ4v) is 9.65. The molecule has 1 rings (SSSR count). The first-order chi connectivity index (χ1) is 29.6. The Balaban J connectivity index is 2.73. The largest absolute Gasteiger partial charge is 0.478 e. The molecule has 1 fully saturated rings. The van der Waals surface area contributed by atoms with E-state index in [2.05, 4.69) is 42.5 Å². The maximum absolute atomic E-state index is 13.3. The number of carbonyl (C=O) groups is 3. The van der Waals surface area contributed by atoms with Crippen LogP contribution in [0.5, 0.6) is 0 Å². The third-order valence-corrected chi connectivity index (χ3v) is 13.8. The van der Waals surface area contributed by atoms with Crippen LogP contribution in [0.4, 0.5) is 0 Å². The minimum absolute atomic E-state index is 0.109. The smallest absolute Gasteiger partial charge is 0.346 e. The van der Waals surface area contributed by atoms with Gasteiger partial charge in [-0.05, 0) is 65.7 Å². The van der Waals surface area contributed by atoms with E-state index in [1.54, 1.807) is 6.92 Å². The van der Waals surface area contributed by atoms with Crippen molar-refractivity contribution in [3.8, 4) is 0 Å². The van der Waals surface area contributed by atoms with Crippen LogP contribution in [-0.4, -0.2) is 132 Å². The van der Waals surface area contributed by atoms with Gasteiger partial charge in [0.05, 0.1) is 18.0 Å². The Morgan fingerprint density at radius 2 is 1.11 bits per heavy atom. The van der Waals surface area contributed by atoms with Crippen LogP contribution in [-0.2, 0) is 23.9 Å². The Morgan fingerprint density at radius 1 is 0.639 bits per heavy atom. The SMILES string of the molecule is CCCCCCCCCCCCCOC(=O)C(C)SC(CCCCCCCCC)C(OC(=O)CCCN(CCCN1CCN(C)CC1)CC(O)CCCCCCCC)C(=O)O. The number of nitrogens with zero attached hydrogens (tertiary/aromatic N) is 3. The van der Waals surface area contributed by atoms with E-state index in [0.717, 1.165) is 110 Å². The van der Waals surface area contributed by atoms with Crippen LogP contribution in [0, 0.1) is 0 Å². The normalized spacial score (nSPS) is 15.8. The molecule has 0 aromatic carbocycles. The molecule has 1 heterocycles. The lowest BCUT2D eigenvalue weighted by atomic mass is 10.1. The van der Waals surface area contributed by atoms with Crippen molar-refractivity contribution in [3.05, 3.63) is 0 Å². The summed E-state index contributed by atoms with van der Waals surface area (Å²) in [5.41, 5.74) is 0. The molecule has 1 aliphatic heterocycles. The Bertz CT molecular complexity index is 1050. The van der Waals surface area contributed by atoms with Gasteiger partial charge in [0.25, 0.3) is 0 Å². The molecule has 0 spiro atoms. The van der Waals surface area contributed by atoms with Crippen molar-refractivity contribution in [1.82, 2.24) is 14.7 Å². The average molecular weight is 884 g/mol. The maximum atomic E-state index is 13.3. The van der Waals surface area contributed by atoms with Gasteiger partial charge in [0.2, 0.25) is 6.10 Å². The number of hydrogen-bond acceptors (Lipinski definition) is 10. The molecule has 0 aliphatic carbocycles. The van der Waals surface area contributed by atoms with E-state index >= 15 is 0 Å². The van der Waals surface area contributed by atoms with Gasteiger partial charge < -0.3 is 34.4 Å². The summed E-state index contributed by atoms with van der Waals surface area (Å²) in [6.07, 6.45) is 29.5. The number of unbranched alkanes of at least 4 members (excludes halogenated alkanes) is 21. The standard InChI is InChI=1S/C50H97N3O7S/c1-6-9-12-15-18-19-20-21-23-26-29-42-59-50(58)44(4)61-46(33-28-25-22-16-13-10-7-2)48(49(56)57)60-47(55)34-30-35-53(37-31-36-52-40-38-51(5)39-41-52)43-45(54)32-27-24-17-14-11-8-3/h44-46,48,54H,6-43H2,1-5H3,(H,56,57). The van der Waals surface area contributed by atoms with Crippen LogP contribution in [0.2, 0.25) is 0 Å². The molecule has 360 valence electrons. The maximum Gasteiger partial charge on any atom is 0.346 e. The van der Waals surface area contributed by atoms with E-state index in [-0.39, 0.29) is 12.4 Å². The number of aliphatic carboxylic acids is 1. The van der Waals surface area contributed by atoms with Gasteiger partial charge in [-0.2, -0.15) is 0 Å². The van der Waals surface area contributed by atoms with Crippen LogP contribution in [0.3, 0.4) is 0 Å². The first-order valence-corrected chi connectivity index (χ1v) is 26.6. The third kappa shape index (κ3) is 32.8. The zero-order valence-electron chi connectivity index (χ0n) is 40.4. The number of likely N-dealkylation sites (N-methyl/N-ethyl adjacent to an activating group) is 1. The first kappa shape index (κ1) is 57.6. The zero-order valence-corrected chi connectivity index (χ0v) is 41.2. The number of hydrogen-bond donors (Lipinski definition) is 2. The predicted molar refractivity (Wildman–Crippen MR) is 257 cm³/mol. The molecule has 1 saturated heterocycles. The van der Waals surface area contributed by atoms with Gasteiger partial charge in [0.15, 0.2) is 0 Å². The molecule has 0 amide bonds. The van der Waals surface area contributed by atoms with Crippen LogP contribution in [0.15, 0.2) is 0 Å². The fraction of sp³-hybridized carbons (Fsp3) is 0.940. The molecule has 0 radical (unpaired) electrons. The lowest BCUT2D eigenvalue weighted by Crippen LogP contribution is -2.45. The predicted octanol–water partition coefficient (Wildman–Crippen LogP) is 11.3. The number of carbonyl (C=O) groups excluding carboxylic acids is 2. The number of esters is 2. The van der Waals surface area contributed by atoms with Crippen LogP contribution < -0.4 is 0 Å². The molecule has 0 bridgehead atoms. The molecular formula is C50H97N3O7S. The number of ether oxygens (including phenoxy) is 2. The number of carboxylic acids is 1. The summed E-state index contributed by atoms with van der Waals surface area (Å²) < 4.78 is 11.4. The van der Waals surface area contributed by atoms with Gasteiger partial charge in [-0.1, -0.05) is 168 Å². The molecule has 10 nitrogen and oxygen atoms in total. The van der Waals surface area contributed by atoms with Crippen molar-refractivity contribution in [1.29, 1.82) is 0 Å². The number of piperazine rings is 1. The van der Waals surface area contributed by atoms with Gasteiger partial charge in [-0.25, -0.2) is 4.79 Å². The van der Waals surface area contributed by atoms with Crippen LogP contribution in [0.25, 0.3) is 0 Å². The molecular weight excluding hydrogens is 787 g/mol. The number of thioether (sulfide) groups is 1. The van der Waals surface area contributed by atoms with Crippen LogP contribution in [0.1, 0.15) is 214 Å². The van der Waals surface area contributed by atoms with Gasteiger partial charge in [-0.3, -0.25) is 9.59 Å². The quantitative estimate of drug-likeness (QED) is 0.0450. The molecule has 2 N–H and O–H groups in total. The van der Waals surface area contributed by atoms with Gasteiger partial charge in [-0.15, -0.1) is 11.8 Å². The first-order valence-electron chi connectivity index (χ1n) is 25.7. The van der Waals surface area contributed by atoms with E-state index in [1.165, 1.54) is 108 Å². The summed E-state index contributed by atoms with van der Waals surface area (Å²) in [5, 5.41) is 20.3. The molecule has 0 aromatic rings. The monoisotopic (exact) mass is 884 g/mol. The molecule has 0 saturated carbocycles. The Kier molecular flexibility index (Phi) is 37.9. The highest BCUT2D eigenvalue weighted by molar-refractivity contribution is 8.01. The molecule has 4 atom stereocenters. The van der Waals surface area contributed by atoms with Crippen molar-refractivity contribution in [2.45, 2.75) is 237 Å². The summed E-state index contributed by atoms with van der Waals surface area (Å²) in [4.78, 5) is 46.3. The molecule has 1 aliphatic rings.